The third-order valence-corrected chi connectivity index (χ3v) is 8.87. The van der Waals surface area contributed by atoms with Gasteiger partial charge in [-0.05, 0) is 38.5 Å². The van der Waals surface area contributed by atoms with Gasteiger partial charge in [-0.2, -0.15) is 18.3 Å². The lowest BCUT2D eigenvalue weighted by Crippen LogP contribution is -2.34. The predicted molar refractivity (Wildman–Crippen MR) is 135 cm³/mol. The number of ether oxygens (including phenoxy) is 1. The van der Waals surface area contributed by atoms with Crippen LogP contribution < -0.4 is 10.1 Å². The molecule has 37 heavy (non-hydrogen) atoms. The van der Waals surface area contributed by atoms with Crippen molar-refractivity contribution in [1.82, 2.24) is 20.1 Å². The summed E-state index contributed by atoms with van der Waals surface area (Å²) in [7, 11) is -1.67. The second kappa shape index (κ2) is 11.6. The summed E-state index contributed by atoms with van der Waals surface area (Å²) < 4.78 is 69.4. The first-order chi connectivity index (χ1) is 17.3. The van der Waals surface area contributed by atoms with E-state index in [1.807, 2.05) is 6.92 Å². The van der Waals surface area contributed by atoms with E-state index in [4.69, 9.17) is 16.3 Å². The van der Waals surface area contributed by atoms with E-state index in [0.717, 1.165) is 6.92 Å². The molecule has 1 aliphatic rings. The Balaban J connectivity index is 1.78. The molecule has 0 unspecified atom stereocenters. The number of halogens is 4. The van der Waals surface area contributed by atoms with E-state index in [2.05, 4.69) is 15.4 Å². The molecule has 1 N–H and O–H groups in total. The van der Waals surface area contributed by atoms with Gasteiger partial charge in [-0.1, -0.05) is 18.5 Å². The van der Waals surface area contributed by atoms with E-state index < -0.39 is 27.8 Å². The maximum atomic E-state index is 13.0. The molecule has 2 heterocycles. The number of rotatable bonds is 9. The third-order valence-electron chi connectivity index (χ3n) is 6.83. The molecule has 1 saturated carbocycles. The molecule has 1 atom stereocenters. The smallest absolute Gasteiger partial charge is 0.391 e. The second-order valence-corrected chi connectivity index (χ2v) is 12.2. The molecule has 0 aliphatic heterocycles. The normalized spacial score (nSPS) is 19.5. The van der Waals surface area contributed by atoms with Crippen LogP contribution in [0.4, 0.5) is 13.2 Å². The molecule has 0 aromatic carbocycles. The van der Waals surface area contributed by atoms with Crippen LogP contribution in [-0.2, 0) is 22.8 Å². The maximum absolute atomic E-state index is 13.0. The molecule has 0 saturated heterocycles. The number of carbonyl (C=O) groups is 1. The lowest BCUT2D eigenvalue weighted by Gasteiger charge is -2.27. The van der Waals surface area contributed by atoms with Gasteiger partial charge in [-0.25, -0.2) is 8.42 Å². The van der Waals surface area contributed by atoms with E-state index in [1.54, 1.807) is 0 Å². The van der Waals surface area contributed by atoms with Crippen LogP contribution in [0.5, 0.6) is 5.75 Å². The maximum Gasteiger partial charge on any atom is 0.391 e. The first-order valence-corrected chi connectivity index (χ1v) is 14.4. The molecule has 3 rings (SSSR count). The highest BCUT2D eigenvalue weighted by molar-refractivity contribution is 7.91. The van der Waals surface area contributed by atoms with Crippen molar-refractivity contribution in [1.29, 1.82) is 0 Å². The van der Waals surface area contributed by atoms with Crippen LogP contribution >= 0.6 is 11.6 Å². The average Bonchev–Trinajstić information content (AvgIpc) is 3.17. The number of nitrogens with one attached hydrogen (secondary N) is 1. The molecule has 8 nitrogen and oxygen atoms in total. The summed E-state index contributed by atoms with van der Waals surface area (Å²) >= 11 is 6.60. The number of carbonyl (C=O) groups excluding carboxylic acids is 1. The minimum absolute atomic E-state index is 0.0140. The molecule has 0 bridgehead atoms. The Morgan fingerprint density at radius 2 is 1.95 bits per heavy atom. The van der Waals surface area contributed by atoms with Crippen molar-refractivity contribution in [2.45, 2.75) is 63.9 Å². The van der Waals surface area contributed by atoms with E-state index in [0.29, 0.717) is 50.0 Å². The van der Waals surface area contributed by atoms with Gasteiger partial charge < -0.3 is 10.1 Å². The van der Waals surface area contributed by atoms with Crippen molar-refractivity contribution < 1.29 is 31.1 Å². The number of aromatic nitrogens is 3. The lowest BCUT2D eigenvalue weighted by atomic mass is 9.89. The summed E-state index contributed by atoms with van der Waals surface area (Å²) in [5, 5.41) is 6.95. The van der Waals surface area contributed by atoms with Crippen LogP contribution in [0.15, 0.2) is 12.3 Å². The number of nitrogens with zero attached hydrogens (tertiary/aromatic N) is 3. The number of aryl methyl sites for hydroxylation is 1. The van der Waals surface area contributed by atoms with Gasteiger partial charge in [0.25, 0.3) is 5.91 Å². The first-order valence-electron chi connectivity index (χ1n) is 12.1. The Morgan fingerprint density at radius 1 is 1.30 bits per heavy atom. The van der Waals surface area contributed by atoms with E-state index in [9.17, 15) is 26.4 Å². The minimum Gasteiger partial charge on any atom is -0.496 e. The summed E-state index contributed by atoms with van der Waals surface area (Å²) in [6, 6.07) is 1.44. The monoisotopic (exact) mass is 564 g/mol. The standard InChI is InChI=1S/C24H32ClF3N4O4S/c1-5-32-22(18-13-29-16(11-19(18)36-3)10-14(2)24(26,27)28)20(25)21(31-32)23(33)30-12-15-6-8-17(9-7-15)37(4,34)35/h11,13-15,17H,5-10,12H2,1-4H3,(H,30,33)/t14-,15?,17?/m0/s1. The fourth-order valence-corrected chi connectivity index (χ4v) is 5.97. The quantitative estimate of drug-likeness (QED) is 0.473. The summed E-state index contributed by atoms with van der Waals surface area (Å²) in [6.07, 6.45) is 0.524. The van der Waals surface area contributed by atoms with Gasteiger partial charge in [0, 0.05) is 43.7 Å². The topological polar surface area (TPSA) is 103 Å². The van der Waals surface area contributed by atoms with Crippen LogP contribution in [-0.4, -0.2) is 60.4 Å². The van der Waals surface area contributed by atoms with Crippen molar-refractivity contribution in [3.05, 3.63) is 28.7 Å². The van der Waals surface area contributed by atoms with Crippen LogP contribution in [0, 0.1) is 11.8 Å². The lowest BCUT2D eigenvalue weighted by molar-refractivity contribution is -0.169. The molecule has 1 amide bonds. The van der Waals surface area contributed by atoms with Gasteiger partial charge in [-0.15, -0.1) is 0 Å². The van der Waals surface area contributed by atoms with E-state index in [-0.39, 0.29) is 39.7 Å². The van der Waals surface area contributed by atoms with Gasteiger partial charge in [0.05, 0.1) is 34.6 Å². The minimum atomic E-state index is -4.34. The SMILES string of the molecule is CCn1nc(C(=O)NCC2CCC(S(C)(=O)=O)CC2)c(Cl)c1-c1cnc(C[C@H](C)C(F)(F)F)cc1OC. The van der Waals surface area contributed by atoms with E-state index in [1.165, 1.54) is 30.3 Å². The van der Waals surface area contributed by atoms with Crippen molar-refractivity contribution in [2.75, 3.05) is 19.9 Å². The highest BCUT2D eigenvalue weighted by atomic mass is 35.5. The third kappa shape index (κ3) is 6.95. The molecule has 0 spiro atoms. The Morgan fingerprint density at radius 3 is 2.49 bits per heavy atom. The number of pyridine rings is 1. The largest absolute Gasteiger partial charge is 0.496 e. The fraction of sp³-hybridized carbons (Fsp3) is 0.625. The average molecular weight is 565 g/mol. The highest BCUT2D eigenvalue weighted by Crippen LogP contribution is 2.38. The molecule has 2 aromatic rings. The van der Waals surface area contributed by atoms with Crippen LogP contribution in [0.3, 0.4) is 0 Å². The Labute approximate surface area is 219 Å². The molecular weight excluding hydrogens is 533 g/mol. The molecule has 13 heteroatoms. The summed E-state index contributed by atoms with van der Waals surface area (Å²) in [5.74, 6) is -1.61. The van der Waals surface area contributed by atoms with Crippen LogP contribution in [0.1, 0.15) is 55.7 Å². The second-order valence-electron chi connectivity index (χ2n) is 9.53. The number of hydrogen-bond acceptors (Lipinski definition) is 6. The Bertz CT molecular complexity index is 1230. The summed E-state index contributed by atoms with van der Waals surface area (Å²) in [6.45, 7) is 3.64. The van der Waals surface area contributed by atoms with Crippen molar-refractivity contribution >= 4 is 27.3 Å². The molecular formula is C24H32ClF3N4O4S. The van der Waals surface area contributed by atoms with Crippen LogP contribution in [0.2, 0.25) is 5.02 Å². The number of hydrogen-bond donors (Lipinski definition) is 1. The summed E-state index contributed by atoms with van der Waals surface area (Å²) in [5.41, 5.74) is 1.01. The molecule has 1 fully saturated rings. The van der Waals surface area contributed by atoms with E-state index >= 15 is 0 Å². The van der Waals surface area contributed by atoms with Gasteiger partial charge in [0.15, 0.2) is 5.69 Å². The zero-order valence-electron chi connectivity index (χ0n) is 21.2. The number of methoxy groups -OCH3 is 1. The number of alkyl halides is 3. The van der Waals surface area contributed by atoms with Crippen molar-refractivity contribution in [3.63, 3.8) is 0 Å². The predicted octanol–water partition coefficient (Wildman–Crippen LogP) is 4.70. The van der Waals surface area contributed by atoms with Gasteiger partial charge in [0.2, 0.25) is 0 Å². The summed E-state index contributed by atoms with van der Waals surface area (Å²) in [4.78, 5) is 17.1. The molecule has 2 aromatic heterocycles. The zero-order chi connectivity index (χ0) is 27.5. The molecule has 1 aliphatic carbocycles. The van der Waals surface area contributed by atoms with Crippen molar-refractivity contribution in [3.8, 4) is 17.0 Å². The van der Waals surface area contributed by atoms with Gasteiger partial charge in [-0.3, -0.25) is 14.5 Å². The fourth-order valence-electron chi connectivity index (χ4n) is 4.52. The van der Waals surface area contributed by atoms with Gasteiger partial charge >= 0.3 is 6.18 Å². The number of amides is 1. The highest BCUT2D eigenvalue weighted by Gasteiger charge is 2.36. The van der Waals surface area contributed by atoms with Crippen LogP contribution in [0.25, 0.3) is 11.3 Å². The number of sulfone groups is 1. The molecule has 206 valence electrons. The molecule has 0 radical (unpaired) electrons. The zero-order valence-corrected chi connectivity index (χ0v) is 22.8. The first kappa shape index (κ1) is 29.2. The Hall–Kier alpha value is -2.34. The van der Waals surface area contributed by atoms with Gasteiger partial charge in [0.1, 0.15) is 15.6 Å². The Kier molecular flexibility index (Phi) is 9.15. The van der Waals surface area contributed by atoms with Crippen molar-refractivity contribution in [2.24, 2.45) is 11.8 Å².